The number of amides is 1. The van der Waals surface area contributed by atoms with E-state index in [4.69, 9.17) is 27.9 Å². The Hall–Kier alpha value is -2.17. The zero-order valence-corrected chi connectivity index (χ0v) is 16.5. The summed E-state index contributed by atoms with van der Waals surface area (Å²) >= 11 is 12.1. The van der Waals surface area contributed by atoms with Crippen LogP contribution in [-0.4, -0.2) is 36.0 Å². The maximum atomic E-state index is 12.8. The summed E-state index contributed by atoms with van der Waals surface area (Å²) in [6.07, 6.45) is 3.92. The molecule has 1 fully saturated rings. The molecular formula is C21H20Cl2N2O2. The summed E-state index contributed by atoms with van der Waals surface area (Å²) in [6, 6.07) is 11.1. The number of carbonyl (C=O) groups excluding carboxylic acids is 1. The fourth-order valence-corrected chi connectivity index (χ4v) is 4.30. The van der Waals surface area contributed by atoms with Crippen LogP contribution in [0, 0.1) is 0 Å². The van der Waals surface area contributed by atoms with Gasteiger partial charge in [0.2, 0.25) is 0 Å². The number of halogens is 2. The summed E-state index contributed by atoms with van der Waals surface area (Å²) in [6.45, 7) is 1.41. The van der Waals surface area contributed by atoms with Gasteiger partial charge in [-0.15, -0.1) is 0 Å². The van der Waals surface area contributed by atoms with E-state index < -0.39 is 0 Å². The highest BCUT2D eigenvalue weighted by Gasteiger charge is 2.27. The minimum atomic E-state index is -0.0317. The second-order valence-corrected chi connectivity index (χ2v) is 7.69. The van der Waals surface area contributed by atoms with E-state index in [1.54, 1.807) is 25.3 Å². The number of nitrogens with one attached hydrogen (secondary N) is 1. The highest BCUT2D eigenvalue weighted by Crippen LogP contribution is 2.35. The first-order valence-corrected chi connectivity index (χ1v) is 9.72. The number of fused-ring (bicyclic) bond motifs is 1. The molecule has 0 aliphatic carbocycles. The quantitative estimate of drug-likeness (QED) is 0.628. The van der Waals surface area contributed by atoms with Crippen LogP contribution in [0.1, 0.15) is 34.7 Å². The summed E-state index contributed by atoms with van der Waals surface area (Å²) in [4.78, 5) is 18.0. The lowest BCUT2D eigenvalue weighted by molar-refractivity contribution is 0.0713. The standard InChI is InChI=1S/C21H20Cl2N2O2/c1-27-15-3-5-20-17(11-15)18(12-24-20)13-6-8-25(9-7-13)21(26)16-4-2-14(22)10-19(16)23/h2-5,10-13,24H,6-9H2,1H3. The topological polar surface area (TPSA) is 45.3 Å². The molecule has 2 heterocycles. The lowest BCUT2D eigenvalue weighted by Gasteiger charge is -2.32. The molecule has 27 heavy (non-hydrogen) atoms. The molecule has 1 saturated heterocycles. The average Bonchev–Trinajstić information content (AvgIpc) is 3.10. The van der Waals surface area contributed by atoms with Crippen LogP contribution in [0.5, 0.6) is 5.75 Å². The summed E-state index contributed by atoms with van der Waals surface area (Å²) in [7, 11) is 1.68. The first-order valence-electron chi connectivity index (χ1n) is 8.96. The van der Waals surface area contributed by atoms with Gasteiger partial charge < -0.3 is 14.6 Å². The predicted molar refractivity (Wildman–Crippen MR) is 109 cm³/mol. The van der Waals surface area contributed by atoms with E-state index in [2.05, 4.69) is 17.2 Å². The van der Waals surface area contributed by atoms with Crippen molar-refractivity contribution < 1.29 is 9.53 Å². The van der Waals surface area contributed by atoms with E-state index in [9.17, 15) is 4.79 Å². The first kappa shape index (κ1) is 18.2. The Bertz CT molecular complexity index is 991. The van der Waals surface area contributed by atoms with Gasteiger partial charge in [0.05, 0.1) is 17.7 Å². The number of piperidine rings is 1. The minimum absolute atomic E-state index is 0.0317. The molecule has 1 amide bonds. The third-order valence-electron chi connectivity index (χ3n) is 5.30. The maximum Gasteiger partial charge on any atom is 0.255 e. The highest BCUT2D eigenvalue weighted by molar-refractivity contribution is 6.36. The smallest absolute Gasteiger partial charge is 0.255 e. The molecule has 0 bridgehead atoms. The number of hydrogen-bond acceptors (Lipinski definition) is 2. The summed E-state index contributed by atoms with van der Waals surface area (Å²) in [5, 5.41) is 2.13. The Labute approximate surface area is 168 Å². The molecule has 140 valence electrons. The van der Waals surface area contributed by atoms with Crippen molar-refractivity contribution in [3.63, 3.8) is 0 Å². The van der Waals surface area contributed by atoms with E-state index in [-0.39, 0.29) is 5.91 Å². The van der Waals surface area contributed by atoms with Crippen LogP contribution in [0.25, 0.3) is 10.9 Å². The van der Waals surface area contributed by atoms with Gasteiger partial charge in [0.15, 0.2) is 0 Å². The number of H-pyrrole nitrogens is 1. The van der Waals surface area contributed by atoms with Gasteiger partial charge in [-0.05, 0) is 60.7 Å². The Morgan fingerprint density at radius 3 is 2.63 bits per heavy atom. The second kappa shape index (κ2) is 7.45. The van der Waals surface area contributed by atoms with E-state index in [1.807, 2.05) is 17.0 Å². The Morgan fingerprint density at radius 2 is 1.93 bits per heavy atom. The van der Waals surface area contributed by atoms with Crippen LogP contribution in [-0.2, 0) is 0 Å². The van der Waals surface area contributed by atoms with E-state index in [1.165, 1.54) is 10.9 Å². The number of aromatic amines is 1. The molecule has 0 atom stereocenters. The van der Waals surface area contributed by atoms with Gasteiger partial charge in [-0.3, -0.25) is 4.79 Å². The fourth-order valence-electron chi connectivity index (χ4n) is 3.81. The van der Waals surface area contributed by atoms with Crippen LogP contribution in [0.15, 0.2) is 42.6 Å². The third-order valence-corrected chi connectivity index (χ3v) is 5.85. The van der Waals surface area contributed by atoms with Crippen molar-refractivity contribution in [2.24, 2.45) is 0 Å². The molecule has 1 N–H and O–H groups in total. The number of likely N-dealkylation sites (tertiary alicyclic amines) is 1. The van der Waals surface area contributed by atoms with Crippen LogP contribution in [0.4, 0.5) is 0 Å². The van der Waals surface area contributed by atoms with Crippen molar-refractivity contribution >= 4 is 40.0 Å². The number of benzene rings is 2. The lowest BCUT2D eigenvalue weighted by atomic mass is 9.89. The van der Waals surface area contributed by atoms with E-state index >= 15 is 0 Å². The number of carbonyl (C=O) groups is 1. The molecule has 6 heteroatoms. The monoisotopic (exact) mass is 402 g/mol. The molecule has 3 aromatic rings. The van der Waals surface area contributed by atoms with Gasteiger partial charge >= 0.3 is 0 Å². The number of hydrogen-bond donors (Lipinski definition) is 1. The molecule has 0 saturated carbocycles. The van der Waals surface area contributed by atoms with Crippen molar-refractivity contribution in [3.8, 4) is 5.75 Å². The van der Waals surface area contributed by atoms with Crippen molar-refractivity contribution in [1.29, 1.82) is 0 Å². The molecule has 1 aliphatic rings. The van der Waals surface area contributed by atoms with Crippen molar-refractivity contribution in [2.45, 2.75) is 18.8 Å². The number of rotatable bonds is 3. The van der Waals surface area contributed by atoms with Crippen LogP contribution < -0.4 is 4.74 Å². The molecule has 0 radical (unpaired) electrons. The number of aromatic nitrogens is 1. The van der Waals surface area contributed by atoms with Crippen LogP contribution in [0.2, 0.25) is 10.0 Å². The zero-order valence-electron chi connectivity index (χ0n) is 15.0. The minimum Gasteiger partial charge on any atom is -0.497 e. The Kier molecular flexibility index (Phi) is 5.02. The Morgan fingerprint density at radius 1 is 1.15 bits per heavy atom. The maximum absolute atomic E-state index is 12.8. The average molecular weight is 403 g/mol. The summed E-state index contributed by atoms with van der Waals surface area (Å²) in [5.41, 5.74) is 2.91. The van der Waals surface area contributed by atoms with Gasteiger partial charge in [0.1, 0.15) is 5.75 Å². The van der Waals surface area contributed by atoms with Crippen molar-refractivity contribution in [1.82, 2.24) is 9.88 Å². The summed E-state index contributed by atoms with van der Waals surface area (Å²) in [5.74, 6) is 1.24. The van der Waals surface area contributed by atoms with Crippen LogP contribution in [0.3, 0.4) is 0 Å². The van der Waals surface area contributed by atoms with Gasteiger partial charge in [0.25, 0.3) is 5.91 Å². The SMILES string of the molecule is COc1ccc2[nH]cc(C3CCN(C(=O)c4ccc(Cl)cc4Cl)CC3)c2c1. The van der Waals surface area contributed by atoms with Crippen LogP contribution >= 0.6 is 23.2 Å². The van der Waals surface area contributed by atoms with E-state index in [0.717, 1.165) is 24.1 Å². The Balaban J connectivity index is 1.50. The largest absolute Gasteiger partial charge is 0.497 e. The summed E-state index contributed by atoms with van der Waals surface area (Å²) < 4.78 is 5.36. The van der Waals surface area contributed by atoms with Crippen molar-refractivity contribution in [3.05, 3.63) is 63.8 Å². The molecule has 1 aromatic heterocycles. The molecule has 4 rings (SSSR count). The normalized spacial score (nSPS) is 15.3. The molecule has 2 aromatic carbocycles. The van der Waals surface area contributed by atoms with Gasteiger partial charge in [-0.1, -0.05) is 23.2 Å². The highest BCUT2D eigenvalue weighted by atomic mass is 35.5. The third kappa shape index (κ3) is 3.52. The fraction of sp³-hybridized carbons (Fsp3) is 0.286. The predicted octanol–water partition coefficient (Wildman–Crippen LogP) is 5.50. The van der Waals surface area contributed by atoms with Gasteiger partial charge in [-0.25, -0.2) is 0 Å². The first-order chi connectivity index (χ1) is 13.1. The van der Waals surface area contributed by atoms with Gasteiger partial charge in [-0.2, -0.15) is 0 Å². The van der Waals surface area contributed by atoms with E-state index in [0.29, 0.717) is 34.6 Å². The molecule has 0 unspecified atom stereocenters. The molecule has 4 nitrogen and oxygen atoms in total. The molecular weight excluding hydrogens is 383 g/mol. The number of methoxy groups -OCH3 is 1. The second-order valence-electron chi connectivity index (χ2n) is 6.85. The van der Waals surface area contributed by atoms with Gasteiger partial charge in [0, 0.05) is 35.2 Å². The lowest BCUT2D eigenvalue weighted by Crippen LogP contribution is -2.38. The molecule has 1 aliphatic heterocycles. The number of ether oxygens (including phenoxy) is 1. The zero-order chi connectivity index (χ0) is 19.0. The van der Waals surface area contributed by atoms with Crippen molar-refractivity contribution in [2.75, 3.05) is 20.2 Å². The molecule has 0 spiro atoms. The number of nitrogens with zero attached hydrogens (tertiary/aromatic N) is 1.